The van der Waals surface area contributed by atoms with Crippen LogP contribution >= 0.6 is 11.6 Å². The maximum absolute atomic E-state index is 12.1. The van der Waals surface area contributed by atoms with Gasteiger partial charge in [0.2, 0.25) is 0 Å². The normalized spacial score (nSPS) is 25.8. The second-order valence-electron chi connectivity index (χ2n) is 5.89. The van der Waals surface area contributed by atoms with Gasteiger partial charge in [0, 0.05) is 30.0 Å². The summed E-state index contributed by atoms with van der Waals surface area (Å²) in [7, 11) is -0.422. The van der Waals surface area contributed by atoms with Gasteiger partial charge in [0.15, 0.2) is 6.04 Å². The van der Waals surface area contributed by atoms with E-state index in [2.05, 4.69) is 5.43 Å². The van der Waals surface area contributed by atoms with Gasteiger partial charge in [-0.1, -0.05) is 23.7 Å². The molecule has 1 saturated heterocycles. The van der Waals surface area contributed by atoms with Gasteiger partial charge in [-0.25, -0.2) is 4.55 Å². The van der Waals surface area contributed by atoms with Gasteiger partial charge < -0.3 is 4.90 Å². The lowest BCUT2D eigenvalue weighted by atomic mass is 10.0. The van der Waals surface area contributed by atoms with Gasteiger partial charge in [-0.2, -0.15) is 0 Å². The van der Waals surface area contributed by atoms with Crippen LogP contribution in [-0.2, 0) is 10.3 Å². The van der Waals surface area contributed by atoms with E-state index < -0.39 is 14.3 Å². The van der Waals surface area contributed by atoms with Crippen LogP contribution in [0.1, 0.15) is 24.4 Å². The van der Waals surface area contributed by atoms with E-state index in [4.69, 9.17) is 11.6 Å². The molecule has 6 nitrogen and oxygen atoms in total. The van der Waals surface area contributed by atoms with Gasteiger partial charge in [0.1, 0.15) is 6.54 Å². The summed E-state index contributed by atoms with van der Waals surface area (Å²) in [5.74, 6) is 0. The highest BCUT2D eigenvalue weighted by Crippen LogP contribution is 2.37. The highest BCUT2D eigenvalue weighted by molar-refractivity contribution is 7.80. The zero-order chi connectivity index (χ0) is 16.4. The molecule has 1 fully saturated rings. The Bertz CT molecular complexity index is 606. The molecule has 8 heteroatoms. The minimum absolute atomic E-state index is 0.310. The number of quaternary nitrogens is 1. The fourth-order valence-corrected chi connectivity index (χ4v) is 4.31. The summed E-state index contributed by atoms with van der Waals surface area (Å²) in [6.07, 6.45) is 1.30. The van der Waals surface area contributed by atoms with Crippen LogP contribution < -0.4 is 5.43 Å². The molecule has 2 atom stereocenters. The second kappa shape index (κ2) is 6.82. The van der Waals surface area contributed by atoms with Crippen LogP contribution in [0.15, 0.2) is 24.3 Å². The molecule has 1 aromatic carbocycles. The lowest BCUT2D eigenvalue weighted by Crippen LogP contribution is -2.59. The van der Waals surface area contributed by atoms with Gasteiger partial charge in [0.05, 0.1) is 6.54 Å². The minimum Gasteiger partial charge on any atom is -0.309 e. The van der Waals surface area contributed by atoms with Crippen molar-refractivity contribution in [3.63, 3.8) is 0 Å². The fourth-order valence-electron chi connectivity index (χ4n) is 3.02. The standard InChI is InChI=1S/C14H22ClN3O3S/c1-17(2)10-3-11-18(22(19,20)21)14(8-9-16-18)12-4-6-13(15)7-5-12/h4-7,14,16H,3,8-11H2,1-2H3/p+1. The third-order valence-corrected chi connectivity index (χ3v) is 5.70. The number of hydrogen-bond donors (Lipinski definition) is 2. The van der Waals surface area contributed by atoms with Crippen molar-refractivity contribution < 1.29 is 17.0 Å². The van der Waals surface area contributed by atoms with Crippen molar-refractivity contribution in [2.45, 2.75) is 18.9 Å². The summed E-state index contributed by atoms with van der Waals surface area (Å²) < 4.78 is 33.6. The van der Waals surface area contributed by atoms with E-state index in [1.807, 2.05) is 31.1 Å². The van der Waals surface area contributed by atoms with Crippen molar-refractivity contribution in [1.82, 2.24) is 10.3 Å². The van der Waals surface area contributed by atoms with Crippen molar-refractivity contribution in [3.05, 3.63) is 34.9 Å². The largest absolute Gasteiger partial charge is 0.452 e. The van der Waals surface area contributed by atoms with E-state index in [0.717, 1.165) is 12.1 Å². The van der Waals surface area contributed by atoms with Crippen molar-refractivity contribution in [3.8, 4) is 0 Å². The molecule has 1 heterocycles. The zero-order valence-electron chi connectivity index (χ0n) is 12.9. The molecule has 0 saturated carbocycles. The Morgan fingerprint density at radius 3 is 2.55 bits per heavy atom. The van der Waals surface area contributed by atoms with Gasteiger partial charge in [0.25, 0.3) is 0 Å². The Labute approximate surface area is 137 Å². The molecule has 1 aliphatic rings. The van der Waals surface area contributed by atoms with Gasteiger partial charge in [-0.3, -0.25) is 0 Å². The van der Waals surface area contributed by atoms with E-state index in [9.17, 15) is 13.0 Å². The molecule has 1 aliphatic heterocycles. The number of nitrogens with zero attached hydrogens (tertiary/aromatic N) is 2. The van der Waals surface area contributed by atoms with Crippen molar-refractivity contribution in [2.24, 2.45) is 0 Å². The third-order valence-electron chi connectivity index (χ3n) is 4.06. The summed E-state index contributed by atoms with van der Waals surface area (Å²) in [6.45, 7) is 1.60. The first-order chi connectivity index (χ1) is 10.3. The van der Waals surface area contributed by atoms with Crippen LogP contribution in [0.3, 0.4) is 0 Å². The molecule has 0 spiro atoms. The Morgan fingerprint density at radius 2 is 2.00 bits per heavy atom. The van der Waals surface area contributed by atoms with E-state index >= 15 is 0 Å². The van der Waals surface area contributed by atoms with E-state index in [1.165, 1.54) is 0 Å². The minimum atomic E-state index is -4.29. The number of halogens is 1. The smallest absolute Gasteiger partial charge is 0.309 e. The molecule has 0 bridgehead atoms. The Hall–Kier alpha value is -0.700. The summed E-state index contributed by atoms with van der Waals surface area (Å²) in [5, 5.41) is 0.604. The molecular weight excluding hydrogens is 326 g/mol. The highest BCUT2D eigenvalue weighted by atomic mass is 35.5. The molecule has 2 unspecified atom stereocenters. The molecular formula is C14H23ClN3O3S+. The van der Waals surface area contributed by atoms with E-state index in [0.29, 0.717) is 31.0 Å². The first-order valence-electron chi connectivity index (χ1n) is 7.27. The number of hydrogen-bond acceptors (Lipinski definition) is 4. The van der Waals surface area contributed by atoms with E-state index in [1.54, 1.807) is 12.1 Å². The molecule has 0 amide bonds. The van der Waals surface area contributed by atoms with Gasteiger partial charge in [-0.05, 0) is 26.2 Å². The monoisotopic (exact) mass is 348 g/mol. The van der Waals surface area contributed by atoms with Crippen LogP contribution in [0, 0.1) is 0 Å². The summed E-state index contributed by atoms with van der Waals surface area (Å²) in [5.41, 5.74) is 3.85. The lowest BCUT2D eigenvalue weighted by Gasteiger charge is -2.34. The van der Waals surface area contributed by atoms with Gasteiger partial charge in [-0.15, -0.1) is 17.8 Å². The van der Waals surface area contributed by atoms with Crippen LogP contribution in [0.4, 0.5) is 0 Å². The van der Waals surface area contributed by atoms with Crippen LogP contribution in [0.25, 0.3) is 0 Å². The fraction of sp³-hybridized carbons (Fsp3) is 0.571. The maximum Gasteiger partial charge on any atom is 0.452 e. The Balaban J connectivity index is 2.32. The highest BCUT2D eigenvalue weighted by Gasteiger charge is 2.52. The second-order valence-corrected chi connectivity index (χ2v) is 7.87. The summed E-state index contributed by atoms with van der Waals surface area (Å²) >= 11 is 5.90. The van der Waals surface area contributed by atoms with Gasteiger partial charge >= 0.3 is 10.3 Å². The topological polar surface area (TPSA) is 69.6 Å². The zero-order valence-corrected chi connectivity index (χ0v) is 14.4. The molecule has 0 aliphatic carbocycles. The summed E-state index contributed by atoms with van der Waals surface area (Å²) in [4.78, 5) is 1.99. The molecule has 0 aromatic heterocycles. The van der Waals surface area contributed by atoms with Crippen molar-refractivity contribution in [1.29, 1.82) is 0 Å². The molecule has 1 aromatic rings. The van der Waals surface area contributed by atoms with Crippen molar-refractivity contribution >= 4 is 21.9 Å². The molecule has 2 N–H and O–H groups in total. The predicted molar refractivity (Wildman–Crippen MR) is 86.7 cm³/mol. The van der Waals surface area contributed by atoms with E-state index in [-0.39, 0.29) is 6.04 Å². The molecule has 2 rings (SSSR count). The number of rotatable bonds is 6. The molecule has 22 heavy (non-hydrogen) atoms. The average Bonchev–Trinajstić information content (AvgIpc) is 2.84. The van der Waals surface area contributed by atoms with Crippen LogP contribution in [0.5, 0.6) is 0 Å². The third kappa shape index (κ3) is 3.61. The Kier molecular flexibility index (Phi) is 5.47. The molecule has 0 radical (unpaired) electrons. The average molecular weight is 349 g/mol. The van der Waals surface area contributed by atoms with Crippen LogP contribution in [0.2, 0.25) is 5.02 Å². The number of benzene rings is 1. The Morgan fingerprint density at radius 1 is 1.36 bits per heavy atom. The first kappa shape index (κ1) is 17.7. The van der Waals surface area contributed by atoms with Crippen molar-refractivity contribution in [2.75, 3.05) is 33.7 Å². The SMILES string of the molecule is CN(C)CCC[N+]1(S(=O)(=O)O)NCCC1c1ccc(Cl)cc1. The number of nitrogens with one attached hydrogen (secondary N) is 1. The predicted octanol–water partition coefficient (Wildman–Crippen LogP) is 1.86. The summed E-state index contributed by atoms with van der Waals surface area (Å²) in [6, 6.07) is 6.80. The first-order valence-corrected chi connectivity index (χ1v) is 9.04. The molecule has 124 valence electrons. The quantitative estimate of drug-likeness (QED) is 0.606. The lowest BCUT2D eigenvalue weighted by molar-refractivity contribution is -0.873. The maximum atomic E-state index is 12.1. The van der Waals surface area contributed by atoms with Crippen LogP contribution in [-0.4, -0.2) is 55.6 Å².